The van der Waals surface area contributed by atoms with Crippen LogP contribution < -0.4 is 4.90 Å². The van der Waals surface area contributed by atoms with E-state index in [0.29, 0.717) is 5.25 Å². The van der Waals surface area contributed by atoms with Crippen LogP contribution in [0.25, 0.3) is 0 Å². The Balaban J connectivity index is 2.48. The molecule has 1 rings (SSSR count). The maximum absolute atomic E-state index is 8.75. The number of unbranched alkanes of at least 4 members (excludes halogenated alkanes) is 1. The first-order valence-electron chi connectivity index (χ1n) is 6.22. The fourth-order valence-electron chi connectivity index (χ4n) is 1.64. The Labute approximate surface area is 109 Å². The van der Waals surface area contributed by atoms with Gasteiger partial charge in [-0.25, -0.2) is 0 Å². The van der Waals surface area contributed by atoms with E-state index in [2.05, 4.69) is 50.1 Å². The number of aliphatic hydroxyl groups is 1. The fourth-order valence-corrected chi connectivity index (χ4v) is 2.48. The Morgan fingerprint density at radius 2 is 1.82 bits per heavy atom. The van der Waals surface area contributed by atoms with Crippen LogP contribution in [0.4, 0.5) is 5.69 Å². The van der Waals surface area contributed by atoms with Gasteiger partial charge in [0.15, 0.2) is 0 Å². The minimum Gasteiger partial charge on any atom is -0.396 e. The second-order valence-corrected chi connectivity index (χ2v) is 6.16. The van der Waals surface area contributed by atoms with E-state index in [0.717, 1.165) is 19.4 Å². The van der Waals surface area contributed by atoms with Crippen molar-refractivity contribution < 1.29 is 5.11 Å². The third-order valence-corrected chi connectivity index (χ3v) is 3.57. The normalized spacial score (nSPS) is 10.9. The van der Waals surface area contributed by atoms with Gasteiger partial charge in [-0.1, -0.05) is 13.8 Å². The monoisotopic (exact) mass is 253 g/mol. The lowest BCUT2D eigenvalue weighted by Gasteiger charge is -2.19. The molecule has 1 aromatic carbocycles. The highest BCUT2D eigenvalue weighted by Gasteiger charge is 2.02. The first-order chi connectivity index (χ1) is 8.13. The van der Waals surface area contributed by atoms with E-state index >= 15 is 0 Å². The van der Waals surface area contributed by atoms with Crippen molar-refractivity contribution >= 4 is 17.4 Å². The largest absolute Gasteiger partial charge is 0.396 e. The summed E-state index contributed by atoms with van der Waals surface area (Å²) in [6.45, 7) is 5.70. The smallest absolute Gasteiger partial charge is 0.0431 e. The summed E-state index contributed by atoms with van der Waals surface area (Å²) in [5, 5.41) is 9.38. The summed E-state index contributed by atoms with van der Waals surface area (Å²) in [6, 6.07) is 8.71. The van der Waals surface area contributed by atoms with Crippen LogP contribution in [0, 0.1) is 0 Å². The molecule has 0 aliphatic carbocycles. The van der Waals surface area contributed by atoms with Crippen LogP contribution in [-0.4, -0.2) is 30.6 Å². The molecule has 1 aromatic rings. The van der Waals surface area contributed by atoms with Gasteiger partial charge in [0.1, 0.15) is 0 Å². The van der Waals surface area contributed by atoms with Crippen molar-refractivity contribution in [2.24, 2.45) is 0 Å². The standard InChI is InChI=1S/C14H23NOS/c1-12(2)17-14-8-6-13(7-9-14)15(3)10-4-5-11-16/h6-9,12,16H,4-5,10-11H2,1-3H3. The Hall–Kier alpha value is -0.670. The Bertz CT molecular complexity index is 311. The van der Waals surface area contributed by atoms with Gasteiger partial charge in [-0.05, 0) is 37.1 Å². The molecule has 0 heterocycles. The summed E-state index contributed by atoms with van der Waals surface area (Å²) >= 11 is 1.89. The van der Waals surface area contributed by atoms with Gasteiger partial charge in [-0.2, -0.15) is 0 Å². The van der Waals surface area contributed by atoms with Crippen molar-refractivity contribution in [1.82, 2.24) is 0 Å². The van der Waals surface area contributed by atoms with Gasteiger partial charge in [0.25, 0.3) is 0 Å². The summed E-state index contributed by atoms with van der Waals surface area (Å²) in [7, 11) is 2.10. The molecular weight excluding hydrogens is 230 g/mol. The van der Waals surface area contributed by atoms with E-state index in [1.54, 1.807) is 0 Å². The SMILES string of the molecule is CC(C)Sc1ccc(N(C)CCCCO)cc1. The van der Waals surface area contributed by atoms with E-state index in [4.69, 9.17) is 5.11 Å². The average molecular weight is 253 g/mol. The Morgan fingerprint density at radius 3 is 2.35 bits per heavy atom. The van der Waals surface area contributed by atoms with E-state index in [1.807, 2.05) is 11.8 Å². The predicted molar refractivity (Wildman–Crippen MR) is 77.0 cm³/mol. The molecule has 0 fully saturated rings. The lowest BCUT2D eigenvalue weighted by atomic mass is 10.2. The van der Waals surface area contributed by atoms with Crippen molar-refractivity contribution in [3.05, 3.63) is 24.3 Å². The second kappa shape index (κ2) is 7.62. The molecular formula is C14H23NOS. The van der Waals surface area contributed by atoms with Crippen molar-refractivity contribution in [3.8, 4) is 0 Å². The molecule has 96 valence electrons. The molecule has 0 saturated heterocycles. The van der Waals surface area contributed by atoms with E-state index in [-0.39, 0.29) is 6.61 Å². The molecule has 0 bridgehead atoms. The quantitative estimate of drug-likeness (QED) is 0.595. The van der Waals surface area contributed by atoms with Crippen LogP contribution in [0.15, 0.2) is 29.2 Å². The molecule has 0 aliphatic heterocycles. The third-order valence-electron chi connectivity index (χ3n) is 2.55. The predicted octanol–water partition coefficient (Wildman–Crippen LogP) is 3.40. The molecule has 0 aromatic heterocycles. The molecule has 17 heavy (non-hydrogen) atoms. The van der Waals surface area contributed by atoms with Crippen LogP contribution >= 0.6 is 11.8 Å². The molecule has 0 saturated carbocycles. The van der Waals surface area contributed by atoms with Gasteiger partial charge in [-0.15, -0.1) is 11.8 Å². The molecule has 2 nitrogen and oxygen atoms in total. The number of hydrogen-bond donors (Lipinski definition) is 1. The van der Waals surface area contributed by atoms with Gasteiger partial charge in [-0.3, -0.25) is 0 Å². The number of anilines is 1. The highest BCUT2D eigenvalue weighted by Crippen LogP contribution is 2.25. The summed E-state index contributed by atoms with van der Waals surface area (Å²) in [6.07, 6.45) is 1.92. The van der Waals surface area contributed by atoms with Crippen LogP contribution in [-0.2, 0) is 0 Å². The summed E-state index contributed by atoms with van der Waals surface area (Å²) in [5.41, 5.74) is 1.25. The molecule has 1 N–H and O–H groups in total. The number of thioether (sulfide) groups is 1. The van der Waals surface area contributed by atoms with Gasteiger partial charge in [0.05, 0.1) is 0 Å². The number of nitrogens with zero attached hydrogens (tertiary/aromatic N) is 1. The molecule has 0 unspecified atom stereocenters. The van der Waals surface area contributed by atoms with Crippen molar-refractivity contribution in [2.45, 2.75) is 36.8 Å². The fraction of sp³-hybridized carbons (Fsp3) is 0.571. The van der Waals surface area contributed by atoms with Crippen LogP contribution in [0.5, 0.6) is 0 Å². The zero-order chi connectivity index (χ0) is 12.7. The van der Waals surface area contributed by atoms with Gasteiger partial charge < -0.3 is 10.0 Å². The summed E-state index contributed by atoms with van der Waals surface area (Å²) in [5.74, 6) is 0. The minimum atomic E-state index is 0.289. The molecule has 0 aliphatic rings. The molecule has 0 spiro atoms. The first kappa shape index (κ1) is 14.4. The van der Waals surface area contributed by atoms with Crippen LogP contribution in [0.3, 0.4) is 0 Å². The topological polar surface area (TPSA) is 23.5 Å². The number of rotatable bonds is 7. The minimum absolute atomic E-state index is 0.289. The van der Waals surface area contributed by atoms with Crippen molar-refractivity contribution in [2.75, 3.05) is 25.1 Å². The lowest BCUT2D eigenvalue weighted by Crippen LogP contribution is -2.18. The van der Waals surface area contributed by atoms with E-state index in [9.17, 15) is 0 Å². The number of aliphatic hydroxyl groups excluding tert-OH is 1. The van der Waals surface area contributed by atoms with Crippen LogP contribution in [0.1, 0.15) is 26.7 Å². The van der Waals surface area contributed by atoms with Gasteiger partial charge >= 0.3 is 0 Å². The number of hydrogen-bond acceptors (Lipinski definition) is 3. The summed E-state index contributed by atoms with van der Waals surface area (Å²) in [4.78, 5) is 3.56. The highest BCUT2D eigenvalue weighted by atomic mass is 32.2. The molecule has 0 atom stereocenters. The first-order valence-corrected chi connectivity index (χ1v) is 7.10. The second-order valence-electron chi connectivity index (χ2n) is 4.51. The third kappa shape index (κ3) is 5.46. The van der Waals surface area contributed by atoms with Crippen LogP contribution in [0.2, 0.25) is 0 Å². The van der Waals surface area contributed by atoms with Crippen molar-refractivity contribution in [3.63, 3.8) is 0 Å². The highest BCUT2D eigenvalue weighted by molar-refractivity contribution is 7.99. The van der Waals surface area contributed by atoms with E-state index in [1.165, 1.54) is 10.6 Å². The maximum Gasteiger partial charge on any atom is 0.0431 e. The molecule has 3 heteroatoms. The molecule has 0 radical (unpaired) electrons. The average Bonchev–Trinajstić information content (AvgIpc) is 2.29. The van der Waals surface area contributed by atoms with Crippen molar-refractivity contribution in [1.29, 1.82) is 0 Å². The zero-order valence-electron chi connectivity index (χ0n) is 11.0. The van der Waals surface area contributed by atoms with Gasteiger partial charge in [0.2, 0.25) is 0 Å². The number of benzene rings is 1. The van der Waals surface area contributed by atoms with Gasteiger partial charge in [0, 0.05) is 36.0 Å². The van der Waals surface area contributed by atoms with E-state index < -0.39 is 0 Å². The Kier molecular flexibility index (Phi) is 6.45. The maximum atomic E-state index is 8.75. The molecule has 0 amide bonds. The summed E-state index contributed by atoms with van der Waals surface area (Å²) < 4.78 is 0. The Morgan fingerprint density at radius 1 is 1.18 bits per heavy atom. The zero-order valence-corrected chi connectivity index (χ0v) is 11.8. The lowest BCUT2D eigenvalue weighted by molar-refractivity contribution is 0.285.